The minimum Gasteiger partial charge on any atom is -0.382 e. The number of benzene rings is 1. The lowest BCUT2D eigenvalue weighted by Gasteiger charge is -2.22. The van der Waals surface area contributed by atoms with Crippen molar-refractivity contribution < 1.29 is 4.79 Å². The fraction of sp³-hybridized carbons (Fsp3) is 0.150. The maximum atomic E-state index is 12.4. The Morgan fingerprint density at radius 2 is 1.92 bits per heavy atom. The molecular weight excluding hydrogens is 316 g/mol. The van der Waals surface area contributed by atoms with Gasteiger partial charge in [-0.2, -0.15) is 0 Å². The summed E-state index contributed by atoms with van der Waals surface area (Å²) in [6, 6.07) is 18.6. The summed E-state index contributed by atoms with van der Waals surface area (Å²) in [5.74, 6) is 0.146. The van der Waals surface area contributed by atoms with Crippen molar-refractivity contribution >= 4 is 17.1 Å². The number of ketones is 1. The zero-order chi connectivity index (χ0) is 16.4. The largest absolute Gasteiger partial charge is 0.382 e. The third-order valence-corrected chi connectivity index (χ3v) is 5.24. The highest BCUT2D eigenvalue weighted by Gasteiger charge is 2.21. The SMILES string of the molecule is O=C(C1=CNC(c2ccc(-c3ccccc3)[nH]2)CC1)c1cccs1. The number of rotatable bonds is 4. The number of H-pyrrole nitrogens is 1. The highest BCUT2D eigenvalue weighted by atomic mass is 32.1. The number of aromatic nitrogens is 1. The van der Waals surface area contributed by atoms with E-state index in [4.69, 9.17) is 0 Å². The predicted molar refractivity (Wildman–Crippen MR) is 98.1 cm³/mol. The lowest BCUT2D eigenvalue weighted by Crippen LogP contribution is -2.23. The Morgan fingerprint density at radius 1 is 1.04 bits per heavy atom. The normalized spacial score (nSPS) is 17.2. The van der Waals surface area contributed by atoms with Crippen LogP contribution in [0.3, 0.4) is 0 Å². The molecule has 2 N–H and O–H groups in total. The van der Waals surface area contributed by atoms with Gasteiger partial charge in [-0.05, 0) is 42.0 Å². The molecule has 0 aliphatic carbocycles. The number of hydrogen-bond acceptors (Lipinski definition) is 3. The van der Waals surface area contributed by atoms with Crippen LogP contribution in [0.15, 0.2) is 71.8 Å². The zero-order valence-corrected chi connectivity index (χ0v) is 14.0. The van der Waals surface area contributed by atoms with Crippen LogP contribution >= 0.6 is 11.3 Å². The van der Waals surface area contributed by atoms with Crippen LogP contribution in [-0.2, 0) is 0 Å². The van der Waals surface area contributed by atoms with Crippen LogP contribution in [0.4, 0.5) is 0 Å². The van der Waals surface area contributed by atoms with Gasteiger partial charge in [0, 0.05) is 23.2 Å². The molecule has 3 nitrogen and oxygen atoms in total. The number of aromatic amines is 1. The lowest BCUT2D eigenvalue weighted by molar-refractivity contribution is 0.103. The van der Waals surface area contributed by atoms with E-state index in [2.05, 4.69) is 34.6 Å². The molecule has 0 saturated carbocycles. The van der Waals surface area contributed by atoms with Crippen LogP contribution in [0, 0.1) is 0 Å². The van der Waals surface area contributed by atoms with E-state index in [1.54, 1.807) is 0 Å². The Morgan fingerprint density at radius 3 is 2.62 bits per heavy atom. The Kier molecular flexibility index (Phi) is 4.05. The molecule has 1 aliphatic rings. The first-order valence-corrected chi connectivity index (χ1v) is 8.97. The molecule has 1 unspecified atom stereocenters. The van der Waals surface area contributed by atoms with Crippen molar-refractivity contribution in [3.63, 3.8) is 0 Å². The summed E-state index contributed by atoms with van der Waals surface area (Å²) < 4.78 is 0. The number of nitrogens with one attached hydrogen (secondary N) is 2. The van der Waals surface area contributed by atoms with Gasteiger partial charge >= 0.3 is 0 Å². The van der Waals surface area contributed by atoms with Crippen molar-refractivity contribution in [3.8, 4) is 11.3 Å². The van der Waals surface area contributed by atoms with Gasteiger partial charge < -0.3 is 10.3 Å². The van der Waals surface area contributed by atoms with E-state index in [0.717, 1.165) is 34.7 Å². The third-order valence-electron chi connectivity index (χ3n) is 4.37. The Hall–Kier alpha value is -2.59. The molecule has 24 heavy (non-hydrogen) atoms. The van der Waals surface area contributed by atoms with Crippen LogP contribution in [-0.4, -0.2) is 10.8 Å². The van der Waals surface area contributed by atoms with E-state index in [1.165, 1.54) is 16.9 Å². The quantitative estimate of drug-likeness (QED) is 0.664. The van der Waals surface area contributed by atoms with Gasteiger partial charge in [0.2, 0.25) is 0 Å². The monoisotopic (exact) mass is 334 g/mol. The van der Waals surface area contributed by atoms with E-state index >= 15 is 0 Å². The van der Waals surface area contributed by atoms with Gasteiger partial charge in [-0.1, -0.05) is 36.4 Å². The molecule has 2 aromatic heterocycles. The predicted octanol–water partition coefficient (Wildman–Crippen LogP) is 4.93. The van der Waals surface area contributed by atoms with Gasteiger partial charge in [-0.15, -0.1) is 11.3 Å². The van der Waals surface area contributed by atoms with Crippen molar-refractivity contribution in [2.45, 2.75) is 18.9 Å². The van der Waals surface area contributed by atoms with Gasteiger partial charge in [0.05, 0.1) is 10.9 Å². The average Bonchev–Trinajstić information content (AvgIpc) is 3.34. The molecule has 0 saturated heterocycles. The summed E-state index contributed by atoms with van der Waals surface area (Å²) in [5.41, 5.74) is 4.33. The van der Waals surface area contributed by atoms with Crippen molar-refractivity contribution in [2.24, 2.45) is 0 Å². The summed E-state index contributed by atoms with van der Waals surface area (Å²) in [4.78, 5) is 16.7. The molecule has 120 valence electrons. The fourth-order valence-electron chi connectivity index (χ4n) is 3.05. The summed E-state index contributed by atoms with van der Waals surface area (Å²) in [6.07, 6.45) is 3.60. The summed E-state index contributed by atoms with van der Waals surface area (Å²) in [5, 5.41) is 5.32. The molecule has 0 amide bonds. The van der Waals surface area contributed by atoms with E-state index in [9.17, 15) is 4.79 Å². The Labute approximate surface area is 145 Å². The molecule has 4 rings (SSSR count). The highest BCUT2D eigenvalue weighted by Crippen LogP contribution is 2.29. The number of thiophene rings is 1. The molecule has 0 radical (unpaired) electrons. The number of Topliss-reactive ketones (excluding diaryl/α,β-unsaturated/α-hetero) is 1. The van der Waals surface area contributed by atoms with Gasteiger partial charge in [-0.3, -0.25) is 4.79 Å². The highest BCUT2D eigenvalue weighted by molar-refractivity contribution is 7.12. The average molecular weight is 334 g/mol. The third kappa shape index (κ3) is 2.93. The Bertz CT molecular complexity index is 862. The second kappa shape index (κ2) is 6.49. The lowest BCUT2D eigenvalue weighted by atomic mass is 9.97. The zero-order valence-electron chi connectivity index (χ0n) is 13.2. The summed E-state index contributed by atoms with van der Waals surface area (Å²) >= 11 is 1.50. The molecule has 1 atom stereocenters. The molecule has 0 bridgehead atoms. The van der Waals surface area contributed by atoms with E-state index < -0.39 is 0 Å². The van der Waals surface area contributed by atoms with Gasteiger partial charge in [-0.25, -0.2) is 0 Å². The number of carbonyl (C=O) groups excluding carboxylic acids is 1. The van der Waals surface area contributed by atoms with Crippen molar-refractivity contribution in [1.29, 1.82) is 0 Å². The maximum absolute atomic E-state index is 12.4. The first-order valence-electron chi connectivity index (χ1n) is 8.09. The van der Waals surface area contributed by atoms with E-state index in [0.29, 0.717) is 0 Å². The molecule has 0 fully saturated rings. The van der Waals surface area contributed by atoms with Crippen molar-refractivity contribution in [3.05, 3.63) is 82.3 Å². The molecule has 3 aromatic rings. The van der Waals surface area contributed by atoms with Crippen LogP contribution in [0.2, 0.25) is 0 Å². The number of allylic oxidation sites excluding steroid dienone is 1. The summed E-state index contributed by atoms with van der Waals surface area (Å²) in [7, 11) is 0. The molecular formula is C20H18N2OS. The summed E-state index contributed by atoms with van der Waals surface area (Å²) in [6.45, 7) is 0. The fourth-order valence-corrected chi connectivity index (χ4v) is 3.75. The van der Waals surface area contributed by atoms with E-state index in [-0.39, 0.29) is 11.8 Å². The minimum atomic E-state index is 0.146. The molecule has 1 aliphatic heterocycles. The molecule has 3 heterocycles. The van der Waals surface area contributed by atoms with Gasteiger partial charge in [0.1, 0.15) is 0 Å². The topological polar surface area (TPSA) is 44.9 Å². The first-order chi connectivity index (χ1) is 11.8. The van der Waals surface area contributed by atoms with Crippen LogP contribution in [0.25, 0.3) is 11.3 Å². The number of carbonyl (C=O) groups is 1. The van der Waals surface area contributed by atoms with Crippen molar-refractivity contribution in [2.75, 3.05) is 0 Å². The van der Waals surface area contributed by atoms with Crippen molar-refractivity contribution in [1.82, 2.24) is 10.3 Å². The van der Waals surface area contributed by atoms with Gasteiger partial charge in [0.15, 0.2) is 5.78 Å². The molecule has 4 heteroatoms. The van der Waals surface area contributed by atoms with E-state index in [1.807, 2.05) is 41.9 Å². The second-order valence-corrected chi connectivity index (χ2v) is 6.87. The van der Waals surface area contributed by atoms with Crippen LogP contribution in [0.1, 0.15) is 34.2 Å². The van der Waals surface area contributed by atoms with Gasteiger partial charge in [0.25, 0.3) is 0 Å². The number of hydrogen-bond donors (Lipinski definition) is 2. The second-order valence-electron chi connectivity index (χ2n) is 5.93. The maximum Gasteiger partial charge on any atom is 0.200 e. The Balaban J connectivity index is 1.48. The van der Waals surface area contributed by atoms with Crippen LogP contribution < -0.4 is 5.32 Å². The molecule has 0 spiro atoms. The minimum absolute atomic E-state index is 0.146. The standard InChI is InChI=1S/C20H18N2OS/c23-20(19-7-4-12-24-19)15-8-9-17(21-13-15)18-11-10-16(22-18)14-5-2-1-3-6-14/h1-7,10-13,17,21-22H,8-9H2. The van der Waals surface area contributed by atoms with Crippen LogP contribution in [0.5, 0.6) is 0 Å². The molecule has 1 aromatic carbocycles. The first kappa shape index (κ1) is 15.0. The smallest absolute Gasteiger partial charge is 0.200 e.